The molecule has 108 valence electrons. The number of hydrogen-bond donors (Lipinski definition) is 1. The minimum atomic E-state index is -0.269. The first-order valence-electron chi connectivity index (χ1n) is 6.34. The maximum atomic E-state index is 11.8. The van der Waals surface area contributed by atoms with Gasteiger partial charge in [-0.2, -0.15) is 0 Å². The smallest absolute Gasteiger partial charge is 0.262 e. The molecule has 0 radical (unpaired) electrons. The Bertz CT molecular complexity index is 653. The molecule has 2 aromatic carbocycles. The SMILES string of the molecule is CC(=O)c1cccc(NC(=O)COc2ccc(I)cc2)c1. The number of halogens is 1. The Morgan fingerprint density at radius 2 is 1.86 bits per heavy atom. The average molecular weight is 395 g/mol. The standard InChI is InChI=1S/C16H14INO3/c1-11(19)12-3-2-4-14(9-12)18-16(20)10-21-15-7-5-13(17)6-8-15/h2-9H,10H2,1H3,(H,18,20). The zero-order valence-corrected chi connectivity index (χ0v) is 13.6. The molecular weight excluding hydrogens is 381 g/mol. The Morgan fingerprint density at radius 1 is 1.14 bits per heavy atom. The number of nitrogens with one attached hydrogen (secondary N) is 1. The summed E-state index contributed by atoms with van der Waals surface area (Å²) < 4.78 is 6.49. The van der Waals surface area contributed by atoms with Crippen LogP contribution in [0, 0.1) is 3.57 Å². The van der Waals surface area contributed by atoms with E-state index in [1.54, 1.807) is 24.3 Å². The Kier molecular flexibility index (Phi) is 5.32. The van der Waals surface area contributed by atoms with E-state index in [1.807, 2.05) is 24.3 Å². The summed E-state index contributed by atoms with van der Waals surface area (Å²) >= 11 is 2.20. The van der Waals surface area contributed by atoms with Gasteiger partial charge >= 0.3 is 0 Å². The topological polar surface area (TPSA) is 55.4 Å². The van der Waals surface area contributed by atoms with Crippen LogP contribution in [0.25, 0.3) is 0 Å². The van der Waals surface area contributed by atoms with Crippen LogP contribution in [0.2, 0.25) is 0 Å². The summed E-state index contributed by atoms with van der Waals surface area (Å²) in [6.07, 6.45) is 0. The van der Waals surface area contributed by atoms with Crippen LogP contribution in [0.3, 0.4) is 0 Å². The van der Waals surface area contributed by atoms with Crippen molar-refractivity contribution in [1.29, 1.82) is 0 Å². The van der Waals surface area contributed by atoms with Crippen LogP contribution in [0.4, 0.5) is 5.69 Å². The van der Waals surface area contributed by atoms with E-state index in [0.29, 0.717) is 17.0 Å². The second-order valence-electron chi connectivity index (χ2n) is 4.43. The highest BCUT2D eigenvalue weighted by Crippen LogP contribution is 2.14. The number of Topliss-reactive ketones (excluding diaryl/α,β-unsaturated/α-hetero) is 1. The molecule has 4 nitrogen and oxygen atoms in total. The maximum Gasteiger partial charge on any atom is 0.262 e. The third kappa shape index (κ3) is 4.86. The van der Waals surface area contributed by atoms with Crippen molar-refractivity contribution in [3.05, 3.63) is 57.7 Å². The molecule has 0 heterocycles. The van der Waals surface area contributed by atoms with Gasteiger partial charge in [0.25, 0.3) is 5.91 Å². The van der Waals surface area contributed by atoms with E-state index >= 15 is 0 Å². The quantitative estimate of drug-likeness (QED) is 0.623. The molecule has 0 aliphatic heterocycles. The molecule has 5 heteroatoms. The van der Waals surface area contributed by atoms with E-state index in [1.165, 1.54) is 6.92 Å². The van der Waals surface area contributed by atoms with Gasteiger partial charge in [0.1, 0.15) is 5.75 Å². The fraction of sp³-hybridized carbons (Fsp3) is 0.125. The molecule has 0 aliphatic rings. The number of ketones is 1. The summed E-state index contributed by atoms with van der Waals surface area (Å²) in [5.41, 5.74) is 1.14. The maximum absolute atomic E-state index is 11.8. The Morgan fingerprint density at radius 3 is 2.52 bits per heavy atom. The minimum absolute atomic E-state index is 0.0405. The van der Waals surface area contributed by atoms with Crippen LogP contribution in [-0.4, -0.2) is 18.3 Å². The van der Waals surface area contributed by atoms with Gasteiger partial charge in [-0.3, -0.25) is 9.59 Å². The number of carbonyl (C=O) groups excluding carboxylic acids is 2. The average Bonchev–Trinajstić information content (AvgIpc) is 2.47. The first-order chi connectivity index (χ1) is 10.0. The Labute approximate surface area is 136 Å². The van der Waals surface area contributed by atoms with Crippen molar-refractivity contribution in [2.45, 2.75) is 6.92 Å². The minimum Gasteiger partial charge on any atom is -0.484 e. The summed E-state index contributed by atoms with van der Waals surface area (Å²) in [4.78, 5) is 23.1. The second kappa shape index (κ2) is 7.21. The number of benzene rings is 2. The van der Waals surface area contributed by atoms with E-state index < -0.39 is 0 Å². The molecule has 1 N–H and O–H groups in total. The van der Waals surface area contributed by atoms with E-state index in [-0.39, 0.29) is 18.3 Å². The molecule has 0 saturated carbocycles. The van der Waals surface area contributed by atoms with Gasteiger partial charge in [-0.15, -0.1) is 0 Å². The lowest BCUT2D eigenvalue weighted by molar-refractivity contribution is -0.118. The summed E-state index contributed by atoms with van der Waals surface area (Å²) in [6.45, 7) is 1.41. The number of rotatable bonds is 5. The van der Waals surface area contributed by atoms with Gasteiger partial charge in [0.05, 0.1) is 0 Å². The van der Waals surface area contributed by atoms with Crippen molar-refractivity contribution >= 4 is 40.0 Å². The summed E-state index contributed by atoms with van der Waals surface area (Å²) in [7, 11) is 0. The van der Waals surface area contributed by atoms with Crippen LogP contribution in [-0.2, 0) is 4.79 Å². The van der Waals surface area contributed by atoms with Crippen molar-refractivity contribution in [1.82, 2.24) is 0 Å². The third-order valence-corrected chi connectivity index (χ3v) is 3.46. The zero-order chi connectivity index (χ0) is 15.2. The number of ether oxygens (including phenoxy) is 1. The molecular formula is C16H14INO3. The van der Waals surface area contributed by atoms with Crippen LogP contribution >= 0.6 is 22.6 Å². The van der Waals surface area contributed by atoms with E-state index in [0.717, 1.165) is 3.57 Å². The van der Waals surface area contributed by atoms with Crippen LogP contribution in [0.5, 0.6) is 5.75 Å². The monoisotopic (exact) mass is 395 g/mol. The predicted molar refractivity (Wildman–Crippen MR) is 89.7 cm³/mol. The number of amides is 1. The molecule has 2 aromatic rings. The Hall–Kier alpha value is -1.89. The number of hydrogen-bond acceptors (Lipinski definition) is 3. The largest absolute Gasteiger partial charge is 0.484 e. The first-order valence-corrected chi connectivity index (χ1v) is 7.42. The molecule has 0 atom stereocenters. The lowest BCUT2D eigenvalue weighted by atomic mass is 10.1. The van der Waals surface area contributed by atoms with Crippen molar-refractivity contribution in [2.24, 2.45) is 0 Å². The molecule has 0 unspecified atom stereocenters. The first kappa shape index (κ1) is 15.5. The number of anilines is 1. The highest BCUT2D eigenvalue weighted by atomic mass is 127. The normalized spacial score (nSPS) is 10.0. The lowest BCUT2D eigenvalue weighted by Crippen LogP contribution is -2.20. The number of carbonyl (C=O) groups is 2. The molecule has 0 saturated heterocycles. The fourth-order valence-corrected chi connectivity index (χ4v) is 2.05. The van der Waals surface area contributed by atoms with E-state index in [2.05, 4.69) is 27.9 Å². The summed E-state index contributed by atoms with van der Waals surface area (Å²) in [5.74, 6) is 0.332. The highest BCUT2D eigenvalue weighted by Gasteiger charge is 2.06. The zero-order valence-electron chi connectivity index (χ0n) is 11.4. The van der Waals surface area contributed by atoms with Crippen molar-refractivity contribution in [3.8, 4) is 5.75 Å². The third-order valence-electron chi connectivity index (χ3n) is 2.74. The van der Waals surface area contributed by atoms with Crippen molar-refractivity contribution < 1.29 is 14.3 Å². The molecule has 0 bridgehead atoms. The van der Waals surface area contributed by atoms with E-state index in [9.17, 15) is 9.59 Å². The van der Waals surface area contributed by atoms with Crippen LogP contribution in [0.1, 0.15) is 17.3 Å². The predicted octanol–water partition coefficient (Wildman–Crippen LogP) is 3.51. The van der Waals surface area contributed by atoms with Gasteiger partial charge in [0, 0.05) is 14.8 Å². The molecule has 0 aliphatic carbocycles. The van der Waals surface area contributed by atoms with Gasteiger partial charge in [-0.05, 0) is 65.9 Å². The second-order valence-corrected chi connectivity index (χ2v) is 5.67. The molecule has 1 amide bonds. The fourth-order valence-electron chi connectivity index (χ4n) is 1.69. The summed E-state index contributed by atoms with van der Waals surface area (Å²) in [6, 6.07) is 14.2. The molecule has 0 aromatic heterocycles. The van der Waals surface area contributed by atoms with Crippen LogP contribution < -0.4 is 10.1 Å². The van der Waals surface area contributed by atoms with Crippen LogP contribution in [0.15, 0.2) is 48.5 Å². The lowest BCUT2D eigenvalue weighted by Gasteiger charge is -2.08. The van der Waals surface area contributed by atoms with E-state index in [4.69, 9.17) is 4.74 Å². The summed E-state index contributed by atoms with van der Waals surface area (Å²) in [5, 5.41) is 2.70. The molecule has 21 heavy (non-hydrogen) atoms. The van der Waals surface area contributed by atoms with Gasteiger partial charge in [-0.1, -0.05) is 12.1 Å². The Balaban J connectivity index is 1.91. The van der Waals surface area contributed by atoms with Gasteiger partial charge in [0.2, 0.25) is 0 Å². The van der Waals surface area contributed by atoms with Crippen molar-refractivity contribution in [2.75, 3.05) is 11.9 Å². The van der Waals surface area contributed by atoms with Crippen molar-refractivity contribution in [3.63, 3.8) is 0 Å². The highest BCUT2D eigenvalue weighted by molar-refractivity contribution is 14.1. The van der Waals surface area contributed by atoms with Gasteiger partial charge < -0.3 is 10.1 Å². The molecule has 0 fully saturated rings. The molecule has 0 spiro atoms. The molecule has 2 rings (SSSR count). The van der Waals surface area contributed by atoms with Gasteiger partial charge in [-0.25, -0.2) is 0 Å². The van der Waals surface area contributed by atoms with Gasteiger partial charge in [0.15, 0.2) is 12.4 Å².